The minimum absolute atomic E-state index is 0.297. The number of nitrogens with one attached hydrogen (secondary N) is 1. The highest BCUT2D eigenvalue weighted by atomic mass is 19.1. The highest BCUT2D eigenvalue weighted by Gasteiger charge is 2.24. The number of ether oxygens (including phenoxy) is 3. The summed E-state index contributed by atoms with van der Waals surface area (Å²) >= 11 is 0. The number of halogens is 1. The van der Waals surface area contributed by atoms with Crippen molar-refractivity contribution in [2.45, 2.75) is 6.42 Å². The van der Waals surface area contributed by atoms with Crippen molar-refractivity contribution in [3.63, 3.8) is 0 Å². The lowest BCUT2D eigenvalue weighted by Crippen LogP contribution is -2.36. The van der Waals surface area contributed by atoms with Crippen molar-refractivity contribution in [2.24, 2.45) is 0 Å². The molecule has 1 fully saturated rings. The maximum absolute atomic E-state index is 14.4. The normalized spacial score (nSPS) is 15.4. The van der Waals surface area contributed by atoms with Crippen molar-refractivity contribution in [1.82, 2.24) is 4.98 Å². The van der Waals surface area contributed by atoms with Gasteiger partial charge in [0.15, 0.2) is 11.6 Å². The molecule has 3 heterocycles. The number of aromatic nitrogens is 1. The zero-order valence-corrected chi connectivity index (χ0v) is 17.4. The summed E-state index contributed by atoms with van der Waals surface area (Å²) in [6, 6.07) is 12.8. The molecular weight excluding hydrogens is 397 g/mol. The maximum atomic E-state index is 14.4. The molecule has 31 heavy (non-hydrogen) atoms. The molecule has 0 unspecified atom stereocenters. The summed E-state index contributed by atoms with van der Waals surface area (Å²) in [5.41, 5.74) is 4.51. The predicted molar refractivity (Wildman–Crippen MR) is 118 cm³/mol. The number of morpholine rings is 1. The van der Waals surface area contributed by atoms with E-state index in [9.17, 15) is 4.39 Å². The molecular formula is C24H24FN3O3. The van der Waals surface area contributed by atoms with Gasteiger partial charge in [0, 0.05) is 53.8 Å². The van der Waals surface area contributed by atoms with Crippen molar-refractivity contribution in [3.05, 3.63) is 60.0 Å². The van der Waals surface area contributed by atoms with E-state index in [-0.39, 0.29) is 5.82 Å². The molecule has 5 rings (SSSR count). The Morgan fingerprint density at radius 1 is 1.06 bits per heavy atom. The van der Waals surface area contributed by atoms with Crippen molar-refractivity contribution in [3.8, 4) is 22.6 Å². The maximum Gasteiger partial charge on any atom is 0.173 e. The minimum Gasteiger partial charge on any atom is -0.496 e. The summed E-state index contributed by atoms with van der Waals surface area (Å²) in [4.78, 5) is 6.74. The monoisotopic (exact) mass is 421 g/mol. The molecule has 3 aromatic rings. The first-order chi connectivity index (χ1) is 15.2. The minimum atomic E-state index is -0.297. The summed E-state index contributed by atoms with van der Waals surface area (Å²) in [6.45, 7) is 3.36. The van der Waals surface area contributed by atoms with E-state index in [2.05, 4.69) is 15.2 Å². The second-order valence-corrected chi connectivity index (χ2v) is 7.55. The molecule has 0 amide bonds. The molecule has 1 saturated heterocycles. The molecule has 0 saturated carbocycles. The van der Waals surface area contributed by atoms with Crippen molar-refractivity contribution in [1.29, 1.82) is 0 Å². The number of nitrogens with zero attached hydrogens (tertiary/aromatic N) is 2. The van der Waals surface area contributed by atoms with E-state index in [1.807, 2.05) is 36.5 Å². The fraction of sp³-hybridized carbons (Fsp3) is 0.292. The van der Waals surface area contributed by atoms with Crippen molar-refractivity contribution in [2.75, 3.05) is 50.2 Å². The number of rotatable bonds is 5. The lowest BCUT2D eigenvalue weighted by molar-refractivity contribution is 0.122. The number of hydrogen-bond acceptors (Lipinski definition) is 6. The predicted octanol–water partition coefficient (Wildman–Crippen LogP) is 4.41. The van der Waals surface area contributed by atoms with Gasteiger partial charge in [-0.25, -0.2) is 9.37 Å². The first-order valence-corrected chi connectivity index (χ1v) is 10.4. The Morgan fingerprint density at radius 3 is 2.74 bits per heavy atom. The second kappa shape index (κ2) is 8.43. The first kappa shape index (κ1) is 19.6. The Kier molecular flexibility index (Phi) is 5.34. The Hall–Kier alpha value is -3.32. The average molecular weight is 421 g/mol. The smallest absolute Gasteiger partial charge is 0.173 e. The SMILES string of the molecule is COc1ccccc1-c1cnc(Nc2cc(F)cc(N3CCOCC3)c2)c2c1CCO2. The van der Waals surface area contributed by atoms with Gasteiger partial charge in [-0.15, -0.1) is 0 Å². The summed E-state index contributed by atoms with van der Waals surface area (Å²) in [5.74, 6) is 1.79. The van der Waals surface area contributed by atoms with Gasteiger partial charge in [-0.05, 0) is 24.3 Å². The van der Waals surface area contributed by atoms with Crippen LogP contribution in [0.5, 0.6) is 11.5 Å². The highest BCUT2D eigenvalue weighted by Crippen LogP contribution is 2.42. The van der Waals surface area contributed by atoms with Gasteiger partial charge < -0.3 is 24.4 Å². The van der Waals surface area contributed by atoms with Crippen molar-refractivity contribution < 1.29 is 18.6 Å². The number of anilines is 3. The number of para-hydroxylation sites is 1. The third-order valence-electron chi connectivity index (χ3n) is 5.65. The zero-order valence-electron chi connectivity index (χ0n) is 17.4. The Morgan fingerprint density at radius 2 is 1.90 bits per heavy atom. The van der Waals surface area contributed by atoms with Crippen LogP contribution in [0.1, 0.15) is 5.56 Å². The third-order valence-corrected chi connectivity index (χ3v) is 5.65. The van der Waals surface area contributed by atoms with E-state index in [4.69, 9.17) is 14.2 Å². The van der Waals surface area contributed by atoms with E-state index < -0.39 is 0 Å². The molecule has 160 valence electrons. The molecule has 1 aromatic heterocycles. The molecule has 2 aliphatic rings. The van der Waals surface area contributed by atoms with Crippen LogP contribution in [0, 0.1) is 5.82 Å². The van der Waals surface area contributed by atoms with Gasteiger partial charge in [0.2, 0.25) is 0 Å². The van der Waals surface area contributed by atoms with Crippen molar-refractivity contribution >= 4 is 17.2 Å². The molecule has 1 N–H and O–H groups in total. The lowest BCUT2D eigenvalue weighted by Gasteiger charge is -2.29. The van der Waals surface area contributed by atoms with E-state index in [0.29, 0.717) is 37.1 Å². The van der Waals surface area contributed by atoms with Gasteiger partial charge in [-0.1, -0.05) is 18.2 Å². The van der Waals surface area contributed by atoms with Crippen LogP contribution in [0.4, 0.5) is 21.6 Å². The number of pyridine rings is 1. The summed E-state index contributed by atoms with van der Waals surface area (Å²) in [7, 11) is 1.66. The van der Waals surface area contributed by atoms with Crippen LogP contribution < -0.4 is 19.7 Å². The Labute approximate surface area is 180 Å². The molecule has 0 radical (unpaired) electrons. The van der Waals surface area contributed by atoms with Crippen LogP contribution in [0.3, 0.4) is 0 Å². The van der Waals surface area contributed by atoms with Crippen LogP contribution in [0.25, 0.3) is 11.1 Å². The van der Waals surface area contributed by atoms with Gasteiger partial charge in [0.1, 0.15) is 11.6 Å². The molecule has 2 aromatic carbocycles. The van der Waals surface area contributed by atoms with Gasteiger partial charge in [-0.2, -0.15) is 0 Å². The quantitative estimate of drug-likeness (QED) is 0.659. The largest absolute Gasteiger partial charge is 0.496 e. The van der Waals surface area contributed by atoms with Gasteiger partial charge in [0.05, 0.1) is 26.9 Å². The summed E-state index contributed by atoms with van der Waals surface area (Å²) in [5, 5.41) is 3.27. The fourth-order valence-electron chi connectivity index (χ4n) is 4.17. The van der Waals surface area contributed by atoms with Crippen LogP contribution in [-0.2, 0) is 11.2 Å². The van der Waals surface area contributed by atoms with Crippen LogP contribution >= 0.6 is 0 Å². The number of methoxy groups -OCH3 is 1. The standard InChI is InChI=1S/C24H24FN3O3/c1-29-22-5-3-2-4-19(22)21-15-26-24(23-20(21)6-9-31-23)27-17-12-16(25)13-18(14-17)28-7-10-30-11-8-28/h2-5,12-15H,6-11H2,1H3,(H,26,27). The van der Waals surface area contributed by atoms with Gasteiger partial charge in [0.25, 0.3) is 0 Å². The molecule has 0 spiro atoms. The van der Waals surface area contributed by atoms with E-state index in [1.165, 1.54) is 6.07 Å². The third kappa shape index (κ3) is 3.88. The van der Waals surface area contributed by atoms with Crippen LogP contribution in [0.15, 0.2) is 48.7 Å². The van der Waals surface area contributed by atoms with E-state index in [1.54, 1.807) is 13.2 Å². The topological polar surface area (TPSA) is 55.9 Å². The lowest BCUT2D eigenvalue weighted by atomic mass is 9.99. The number of benzene rings is 2. The molecule has 7 heteroatoms. The molecule has 0 atom stereocenters. The summed E-state index contributed by atoms with van der Waals surface area (Å²) < 4.78 is 31.2. The first-order valence-electron chi connectivity index (χ1n) is 10.4. The number of fused-ring (bicyclic) bond motifs is 1. The van der Waals surface area contributed by atoms with E-state index in [0.717, 1.165) is 47.6 Å². The van der Waals surface area contributed by atoms with E-state index >= 15 is 0 Å². The Bertz CT molecular complexity index is 1100. The number of hydrogen-bond donors (Lipinski definition) is 1. The molecule has 0 aliphatic carbocycles. The average Bonchev–Trinajstić information content (AvgIpc) is 3.30. The molecule has 0 bridgehead atoms. The van der Waals surface area contributed by atoms with Crippen LogP contribution in [-0.4, -0.2) is 45.0 Å². The molecule has 2 aliphatic heterocycles. The second-order valence-electron chi connectivity index (χ2n) is 7.55. The Balaban J connectivity index is 1.48. The fourth-order valence-corrected chi connectivity index (χ4v) is 4.17. The summed E-state index contributed by atoms with van der Waals surface area (Å²) in [6.07, 6.45) is 2.61. The van der Waals surface area contributed by atoms with Gasteiger partial charge in [-0.3, -0.25) is 0 Å². The van der Waals surface area contributed by atoms with Crippen LogP contribution in [0.2, 0.25) is 0 Å². The van der Waals surface area contributed by atoms with Gasteiger partial charge >= 0.3 is 0 Å². The zero-order chi connectivity index (χ0) is 21.2. The highest BCUT2D eigenvalue weighted by molar-refractivity contribution is 5.79. The molecule has 6 nitrogen and oxygen atoms in total.